The summed E-state index contributed by atoms with van der Waals surface area (Å²) in [6, 6.07) is 5.17. The van der Waals surface area contributed by atoms with Gasteiger partial charge in [-0.25, -0.2) is 0 Å². The van der Waals surface area contributed by atoms with Crippen molar-refractivity contribution >= 4 is 17.4 Å². The van der Waals surface area contributed by atoms with Crippen molar-refractivity contribution < 1.29 is 9.53 Å². The molecule has 0 aromatic heterocycles. The molecule has 1 aromatic carbocycles. The average molecular weight is 241 g/mol. The van der Waals surface area contributed by atoms with Crippen LogP contribution >= 0.6 is 11.6 Å². The zero-order valence-corrected chi connectivity index (χ0v) is 10.7. The molecular weight excluding hydrogens is 224 g/mol. The summed E-state index contributed by atoms with van der Waals surface area (Å²) in [6.07, 6.45) is 0.457. The molecule has 0 bridgehead atoms. The Kier molecular flexibility index (Phi) is 4.81. The summed E-state index contributed by atoms with van der Waals surface area (Å²) in [5.41, 5.74) is 0.579. The first kappa shape index (κ1) is 13.0. The maximum absolute atomic E-state index is 11.7. The molecule has 0 aliphatic carbocycles. The Bertz CT molecular complexity index is 372. The lowest BCUT2D eigenvalue weighted by atomic mass is 10.1. The van der Waals surface area contributed by atoms with E-state index in [9.17, 15) is 4.79 Å². The molecule has 1 aromatic rings. The first-order chi connectivity index (χ1) is 7.54. The summed E-state index contributed by atoms with van der Waals surface area (Å²) >= 11 is 5.87. The molecule has 0 fully saturated rings. The summed E-state index contributed by atoms with van der Waals surface area (Å²) in [5, 5.41) is 0.564. The highest BCUT2D eigenvalue weighted by molar-refractivity contribution is 6.31. The quantitative estimate of drug-likeness (QED) is 0.728. The number of benzene rings is 1. The van der Waals surface area contributed by atoms with Crippen molar-refractivity contribution in [3.8, 4) is 5.75 Å². The normalized spacial score (nSPS) is 10.6. The van der Waals surface area contributed by atoms with Crippen LogP contribution in [0.15, 0.2) is 18.2 Å². The molecule has 3 heteroatoms. The molecule has 0 amide bonds. The maximum Gasteiger partial charge on any atom is 0.166 e. The second-order valence-electron chi connectivity index (χ2n) is 4.12. The van der Waals surface area contributed by atoms with Gasteiger partial charge in [-0.05, 0) is 24.1 Å². The minimum atomic E-state index is 0.0567. The maximum atomic E-state index is 11.7. The fourth-order valence-electron chi connectivity index (χ4n) is 1.29. The Labute approximate surface area is 102 Å². The van der Waals surface area contributed by atoms with Crippen LogP contribution in [0, 0.1) is 5.92 Å². The number of hydrogen-bond acceptors (Lipinski definition) is 2. The molecule has 16 heavy (non-hydrogen) atoms. The molecule has 1 rings (SSSR count). The van der Waals surface area contributed by atoms with E-state index >= 15 is 0 Å². The van der Waals surface area contributed by atoms with Crippen molar-refractivity contribution in [3.63, 3.8) is 0 Å². The van der Waals surface area contributed by atoms with Gasteiger partial charge < -0.3 is 4.74 Å². The van der Waals surface area contributed by atoms with Gasteiger partial charge in [0.1, 0.15) is 5.75 Å². The summed E-state index contributed by atoms with van der Waals surface area (Å²) in [7, 11) is 0. The third-order valence-corrected chi connectivity index (χ3v) is 2.37. The van der Waals surface area contributed by atoms with Crippen LogP contribution in [0.2, 0.25) is 5.02 Å². The molecule has 0 saturated heterocycles. The average Bonchev–Trinajstić information content (AvgIpc) is 2.26. The Balaban J connectivity index is 2.93. The van der Waals surface area contributed by atoms with Crippen LogP contribution < -0.4 is 4.74 Å². The van der Waals surface area contributed by atoms with Crippen LogP contribution in [0.3, 0.4) is 0 Å². The molecule has 0 heterocycles. The summed E-state index contributed by atoms with van der Waals surface area (Å²) in [4.78, 5) is 11.7. The fraction of sp³-hybridized carbons (Fsp3) is 0.462. The molecule has 0 spiro atoms. The second kappa shape index (κ2) is 5.90. The van der Waals surface area contributed by atoms with Crippen LogP contribution in [0.1, 0.15) is 37.6 Å². The molecule has 0 N–H and O–H groups in total. The van der Waals surface area contributed by atoms with Gasteiger partial charge in [0.25, 0.3) is 0 Å². The van der Waals surface area contributed by atoms with Crippen molar-refractivity contribution in [3.05, 3.63) is 28.8 Å². The SMILES string of the molecule is CCC(=O)c1cc(Cl)ccc1OCC(C)C. The van der Waals surface area contributed by atoms with Crippen LogP contribution in [-0.2, 0) is 0 Å². The molecule has 0 radical (unpaired) electrons. The lowest BCUT2D eigenvalue weighted by Gasteiger charge is -2.12. The predicted octanol–water partition coefficient (Wildman–Crippen LogP) is 3.97. The predicted molar refractivity (Wildman–Crippen MR) is 66.4 cm³/mol. The van der Waals surface area contributed by atoms with Crippen LogP contribution in [-0.4, -0.2) is 12.4 Å². The van der Waals surface area contributed by atoms with Gasteiger partial charge in [0.15, 0.2) is 5.78 Å². The van der Waals surface area contributed by atoms with Gasteiger partial charge in [0, 0.05) is 11.4 Å². The van der Waals surface area contributed by atoms with Crippen molar-refractivity contribution in [2.75, 3.05) is 6.61 Å². The number of ketones is 1. The van der Waals surface area contributed by atoms with E-state index in [0.29, 0.717) is 35.3 Å². The molecule has 2 nitrogen and oxygen atoms in total. The van der Waals surface area contributed by atoms with E-state index in [1.165, 1.54) is 0 Å². The van der Waals surface area contributed by atoms with Crippen molar-refractivity contribution in [1.82, 2.24) is 0 Å². The number of halogens is 1. The van der Waals surface area contributed by atoms with Crippen LogP contribution in [0.5, 0.6) is 5.75 Å². The Morgan fingerprint density at radius 2 is 2.12 bits per heavy atom. The van der Waals surface area contributed by atoms with E-state index in [2.05, 4.69) is 13.8 Å². The monoisotopic (exact) mass is 240 g/mol. The van der Waals surface area contributed by atoms with Gasteiger partial charge in [-0.15, -0.1) is 0 Å². The summed E-state index contributed by atoms with van der Waals surface area (Å²) in [6.45, 7) is 6.57. The number of Topliss-reactive ketones (excluding diaryl/α,β-unsaturated/α-hetero) is 1. The second-order valence-corrected chi connectivity index (χ2v) is 4.56. The molecule has 88 valence electrons. The van der Waals surface area contributed by atoms with Crippen LogP contribution in [0.4, 0.5) is 0 Å². The fourth-order valence-corrected chi connectivity index (χ4v) is 1.46. The third kappa shape index (κ3) is 3.53. The van der Waals surface area contributed by atoms with Crippen molar-refractivity contribution in [2.45, 2.75) is 27.2 Å². The van der Waals surface area contributed by atoms with Gasteiger partial charge in [-0.1, -0.05) is 32.4 Å². The van der Waals surface area contributed by atoms with Crippen molar-refractivity contribution in [2.24, 2.45) is 5.92 Å². The number of carbonyl (C=O) groups excluding carboxylic acids is 1. The minimum absolute atomic E-state index is 0.0567. The van der Waals surface area contributed by atoms with E-state index in [1.807, 2.05) is 6.92 Å². The van der Waals surface area contributed by atoms with E-state index in [0.717, 1.165) is 0 Å². The highest BCUT2D eigenvalue weighted by Gasteiger charge is 2.11. The van der Waals surface area contributed by atoms with Gasteiger partial charge >= 0.3 is 0 Å². The van der Waals surface area contributed by atoms with Gasteiger partial charge in [0.2, 0.25) is 0 Å². The van der Waals surface area contributed by atoms with E-state index in [1.54, 1.807) is 18.2 Å². The van der Waals surface area contributed by atoms with Crippen molar-refractivity contribution in [1.29, 1.82) is 0 Å². The smallest absolute Gasteiger partial charge is 0.166 e. The molecule has 0 aliphatic heterocycles. The molecule has 0 atom stereocenters. The largest absolute Gasteiger partial charge is 0.493 e. The molecule has 0 saturated carbocycles. The third-order valence-electron chi connectivity index (χ3n) is 2.14. The number of rotatable bonds is 5. The first-order valence-electron chi connectivity index (χ1n) is 5.50. The summed E-state index contributed by atoms with van der Waals surface area (Å²) in [5.74, 6) is 1.12. The lowest BCUT2D eigenvalue weighted by Crippen LogP contribution is -2.08. The topological polar surface area (TPSA) is 26.3 Å². The van der Waals surface area contributed by atoms with E-state index in [-0.39, 0.29) is 5.78 Å². The first-order valence-corrected chi connectivity index (χ1v) is 5.88. The summed E-state index contributed by atoms with van der Waals surface area (Å²) < 4.78 is 5.60. The minimum Gasteiger partial charge on any atom is -0.493 e. The molecule has 0 aliphatic rings. The van der Waals surface area contributed by atoms with Gasteiger partial charge in [0.05, 0.1) is 12.2 Å². The zero-order valence-electron chi connectivity index (χ0n) is 9.92. The standard InChI is InChI=1S/C13H17ClO2/c1-4-12(15)11-7-10(14)5-6-13(11)16-8-9(2)3/h5-7,9H,4,8H2,1-3H3. The van der Waals surface area contributed by atoms with E-state index in [4.69, 9.17) is 16.3 Å². The Morgan fingerprint density at radius 1 is 1.44 bits per heavy atom. The number of ether oxygens (including phenoxy) is 1. The number of carbonyl (C=O) groups is 1. The Morgan fingerprint density at radius 3 is 2.69 bits per heavy atom. The van der Waals surface area contributed by atoms with Crippen LogP contribution in [0.25, 0.3) is 0 Å². The highest BCUT2D eigenvalue weighted by atomic mass is 35.5. The van der Waals surface area contributed by atoms with E-state index < -0.39 is 0 Å². The molecular formula is C13H17ClO2. The zero-order chi connectivity index (χ0) is 12.1. The highest BCUT2D eigenvalue weighted by Crippen LogP contribution is 2.24. The van der Waals surface area contributed by atoms with Gasteiger partial charge in [-0.3, -0.25) is 4.79 Å². The Hall–Kier alpha value is -1.02. The lowest BCUT2D eigenvalue weighted by molar-refractivity contribution is 0.0983. The molecule has 0 unspecified atom stereocenters. The van der Waals surface area contributed by atoms with Gasteiger partial charge in [-0.2, -0.15) is 0 Å². The number of hydrogen-bond donors (Lipinski definition) is 0.